The van der Waals surface area contributed by atoms with Gasteiger partial charge in [-0.3, -0.25) is 4.68 Å². The maximum Gasteiger partial charge on any atom is 0.138 e. The second kappa shape index (κ2) is 6.60. The van der Waals surface area contributed by atoms with Crippen molar-refractivity contribution in [3.8, 4) is 0 Å². The van der Waals surface area contributed by atoms with E-state index in [1.54, 1.807) is 4.68 Å². The highest BCUT2D eigenvalue weighted by molar-refractivity contribution is 4.89. The summed E-state index contributed by atoms with van der Waals surface area (Å²) in [6.07, 6.45) is 2.88. The van der Waals surface area contributed by atoms with E-state index in [1.807, 2.05) is 6.92 Å². The Balaban J connectivity index is 2.54. The number of rotatable bonds is 7. The molecular formula is C11H21N3O2. The highest BCUT2D eigenvalue weighted by atomic mass is 16.3. The van der Waals surface area contributed by atoms with Gasteiger partial charge in [-0.2, -0.15) is 5.10 Å². The van der Waals surface area contributed by atoms with E-state index in [-0.39, 0.29) is 0 Å². The van der Waals surface area contributed by atoms with Crippen molar-refractivity contribution in [2.45, 2.75) is 58.3 Å². The lowest BCUT2D eigenvalue weighted by atomic mass is 10.1. The van der Waals surface area contributed by atoms with Gasteiger partial charge in [-0.1, -0.05) is 20.3 Å². The molecule has 1 aromatic rings. The summed E-state index contributed by atoms with van der Waals surface area (Å²) in [6.45, 7) is 4.84. The molecule has 0 saturated carbocycles. The Morgan fingerprint density at radius 3 is 2.62 bits per heavy atom. The van der Waals surface area contributed by atoms with E-state index in [0.717, 1.165) is 25.2 Å². The van der Waals surface area contributed by atoms with Gasteiger partial charge in [0.1, 0.15) is 12.2 Å². The Bertz CT molecular complexity index is 301. The number of aryl methyl sites for hydroxylation is 1. The SMILES string of the molecule is CCCC(O)C(O)Cc1ncnn1CCC. The number of aliphatic hydroxyl groups is 2. The summed E-state index contributed by atoms with van der Waals surface area (Å²) >= 11 is 0. The third kappa shape index (κ3) is 3.57. The van der Waals surface area contributed by atoms with Crippen LogP contribution in [-0.2, 0) is 13.0 Å². The molecule has 0 aliphatic rings. The van der Waals surface area contributed by atoms with Crippen LogP contribution in [0.2, 0.25) is 0 Å². The van der Waals surface area contributed by atoms with Gasteiger partial charge in [-0.05, 0) is 12.8 Å². The zero-order valence-corrected chi connectivity index (χ0v) is 10.0. The first-order chi connectivity index (χ1) is 7.69. The second-order valence-corrected chi connectivity index (χ2v) is 4.03. The Labute approximate surface area is 96.1 Å². The quantitative estimate of drug-likeness (QED) is 0.721. The molecule has 0 aliphatic carbocycles. The predicted octanol–water partition coefficient (Wildman–Crippen LogP) is 0.752. The van der Waals surface area contributed by atoms with Crippen molar-refractivity contribution in [1.29, 1.82) is 0 Å². The fraction of sp³-hybridized carbons (Fsp3) is 0.818. The molecule has 0 spiro atoms. The molecule has 0 amide bonds. The summed E-state index contributed by atoms with van der Waals surface area (Å²) < 4.78 is 1.78. The molecule has 0 radical (unpaired) electrons. The fourth-order valence-electron chi connectivity index (χ4n) is 1.66. The topological polar surface area (TPSA) is 71.2 Å². The molecule has 92 valence electrons. The van der Waals surface area contributed by atoms with Crippen LogP contribution in [-0.4, -0.2) is 37.2 Å². The molecule has 5 heteroatoms. The summed E-state index contributed by atoms with van der Waals surface area (Å²) in [6, 6.07) is 0. The van der Waals surface area contributed by atoms with Gasteiger partial charge in [0.25, 0.3) is 0 Å². The summed E-state index contributed by atoms with van der Waals surface area (Å²) in [5.74, 6) is 0.740. The van der Waals surface area contributed by atoms with Crippen molar-refractivity contribution in [2.24, 2.45) is 0 Å². The summed E-state index contributed by atoms with van der Waals surface area (Å²) in [5, 5.41) is 23.5. The van der Waals surface area contributed by atoms with Crippen LogP contribution >= 0.6 is 0 Å². The molecule has 0 saturated heterocycles. The van der Waals surface area contributed by atoms with E-state index < -0.39 is 12.2 Å². The Hall–Kier alpha value is -0.940. The Morgan fingerprint density at radius 1 is 1.25 bits per heavy atom. The zero-order chi connectivity index (χ0) is 12.0. The lowest BCUT2D eigenvalue weighted by Crippen LogP contribution is -2.29. The van der Waals surface area contributed by atoms with Gasteiger partial charge < -0.3 is 10.2 Å². The third-order valence-corrected chi connectivity index (χ3v) is 2.55. The first kappa shape index (κ1) is 13.1. The van der Waals surface area contributed by atoms with Crippen molar-refractivity contribution in [1.82, 2.24) is 14.8 Å². The average Bonchev–Trinajstić information content (AvgIpc) is 2.67. The predicted molar refractivity (Wildman–Crippen MR) is 60.9 cm³/mol. The van der Waals surface area contributed by atoms with Crippen LogP contribution in [0.15, 0.2) is 6.33 Å². The molecular weight excluding hydrogens is 206 g/mol. The number of aliphatic hydroxyl groups excluding tert-OH is 2. The van der Waals surface area contributed by atoms with Crippen LogP contribution in [0.3, 0.4) is 0 Å². The van der Waals surface area contributed by atoms with Gasteiger partial charge in [0.15, 0.2) is 0 Å². The number of hydrogen-bond donors (Lipinski definition) is 2. The molecule has 2 atom stereocenters. The van der Waals surface area contributed by atoms with Gasteiger partial charge in [0.2, 0.25) is 0 Å². The van der Waals surface area contributed by atoms with E-state index in [4.69, 9.17) is 0 Å². The minimum atomic E-state index is -0.750. The van der Waals surface area contributed by atoms with E-state index >= 15 is 0 Å². The third-order valence-electron chi connectivity index (χ3n) is 2.55. The molecule has 5 nitrogen and oxygen atoms in total. The Morgan fingerprint density at radius 2 is 2.00 bits per heavy atom. The van der Waals surface area contributed by atoms with Crippen molar-refractivity contribution < 1.29 is 10.2 Å². The van der Waals surface area contributed by atoms with Crippen LogP contribution in [0.1, 0.15) is 38.9 Å². The second-order valence-electron chi connectivity index (χ2n) is 4.03. The smallest absolute Gasteiger partial charge is 0.138 e. The average molecular weight is 227 g/mol. The lowest BCUT2D eigenvalue weighted by molar-refractivity contribution is 0.0131. The molecule has 16 heavy (non-hydrogen) atoms. The van der Waals surface area contributed by atoms with Crippen molar-refractivity contribution in [3.63, 3.8) is 0 Å². The minimum absolute atomic E-state index is 0.362. The molecule has 0 fully saturated rings. The summed E-state index contributed by atoms with van der Waals surface area (Å²) in [7, 11) is 0. The van der Waals surface area contributed by atoms with E-state index in [2.05, 4.69) is 17.0 Å². The van der Waals surface area contributed by atoms with E-state index in [1.165, 1.54) is 6.33 Å². The van der Waals surface area contributed by atoms with Gasteiger partial charge in [-0.15, -0.1) is 0 Å². The molecule has 0 aromatic carbocycles. The fourth-order valence-corrected chi connectivity index (χ4v) is 1.66. The largest absolute Gasteiger partial charge is 0.390 e. The van der Waals surface area contributed by atoms with Crippen LogP contribution < -0.4 is 0 Å². The maximum atomic E-state index is 9.78. The summed E-state index contributed by atoms with van der Waals surface area (Å²) in [5.41, 5.74) is 0. The number of hydrogen-bond acceptors (Lipinski definition) is 4. The van der Waals surface area contributed by atoms with Gasteiger partial charge in [0.05, 0.1) is 12.2 Å². The number of nitrogens with zero attached hydrogens (tertiary/aromatic N) is 3. The van der Waals surface area contributed by atoms with E-state index in [9.17, 15) is 10.2 Å². The molecule has 1 heterocycles. The van der Waals surface area contributed by atoms with Gasteiger partial charge >= 0.3 is 0 Å². The lowest BCUT2D eigenvalue weighted by Gasteiger charge is -2.16. The van der Waals surface area contributed by atoms with Crippen molar-refractivity contribution in [3.05, 3.63) is 12.2 Å². The first-order valence-corrected chi connectivity index (χ1v) is 5.91. The Kier molecular flexibility index (Phi) is 5.42. The highest BCUT2D eigenvalue weighted by Crippen LogP contribution is 2.08. The summed E-state index contributed by atoms with van der Waals surface area (Å²) in [4.78, 5) is 4.10. The monoisotopic (exact) mass is 227 g/mol. The van der Waals surface area contributed by atoms with Crippen molar-refractivity contribution in [2.75, 3.05) is 0 Å². The molecule has 2 N–H and O–H groups in total. The zero-order valence-electron chi connectivity index (χ0n) is 10.0. The van der Waals surface area contributed by atoms with Crippen LogP contribution in [0.5, 0.6) is 0 Å². The molecule has 1 aromatic heterocycles. The molecule has 0 aliphatic heterocycles. The number of aromatic nitrogens is 3. The normalized spacial score (nSPS) is 15.0. The van der Waals surface area contributed by atoms with Crippen LogP contribution in [0.25, 0.3) is 0 Å². The standard InChI is InChI=1S/C11H21N3O2/c1-3-5-9(15)10(16)7-11-12-8-13-14(11)6-4-2/h8-10,15-16H,3-7H2,1-2H3. The molecule has 0 bridgehead atoms. The van der Waals surface area contributed by atoms with Crippen LogP contribution in [0.4, 0.5) is 0 Å². The highest BCUT2D eigenvalue weighted by Gasteiger charge is 2.18. The van der Waals surface area contributed by atoms with E-state index in [0.29, 0.717) is 12.8 Å². The molecule has 2 unspecified atom stereocenters. The maximum absolute atomic E-state index is 9.78. The molecule has 1 rings (SSSR count). The van der Waals surface area contributed by atoms with Crippen molar-refractivity contribution >= 4 is 0 Å². The van der Waals surface area contributed by atoms with Crippen LogP contribution in [0, 0.1) is 0 Å². The first-order valence-electron chi connectivity index (χ1n) is 5.91. The van der Waals surface area contributed by atoms with Gasteiger partial charge in [-0.25, -0.2) is 4.98 Å². The van der Waals surface area contributed by atoms with Gasteiger partial charge in [0, 0.05) is 13.0 Å². The minimum Gasteiger partial charge on any atom is -0.390 e.